The first kappa shape index (κ1) is 11.3. The van der Waals surface area contributed by atoms with Crippen molar-refractivity contribution < 1.29 is 4.79 Å². The number of hydrogen-bond donors (Lipinski definition) is 3. The lowest BCUT2D eigenvalue weighted by Gasteiger charge is -2.06. The summed E-state index contributed by atoms with van der Waals surface area (Å²) in [5.41, 5.74) is 1.40. The van der Waals surface area contributed by atoms with Crippen LogP contribution >= 0.6 is 12.2 Å². The van der Waals surface area contributed by atoms with Gasteiger partial charge in [-0.05, 0) is 30.4 Å². The van der Waals surface area contributed by atoms with Crippen LogP contribution in [0.2, 0.25) is 0 Å². The molecule has 0 bridgehead atoms. The molecule has 0 saturated carbocycles. The normalized spacial score (nSPS) is 9.94. The molecule has 1 aromatic carbocycles. The van der Waals surface area contributed by atoms with E-state index in [1.165, 1.54) is 4.68 Å². The Labute approximate surface area is 102 Å². The molecule has 2 amide bonds. The zero-order valence-corrected chi connectivity index (χ0v) is 9.78. The molecule has 1 heterocycles. The number of rotatable bonds is 2. The number of hydrogen-bond acceptors (Lipinski definition) is 4. The molecule has 0 aliphatic rings. The van der Waals surface area contributed by atoms with Gasteiger partial charge in [0.05, 0.1) is 5.69 Å². The maximum atomic E-state index is 11.2. The van der Waals surface area contributed by atoms with Crippen LogP contribution in [0.15, 0.2) is 24.3 Å². The van der Waals surface area contributed by atoms with Gasteiger partial charge in [0, 0.05) is 12.7 Å². The number of nitrogens with one attached hydrogen (secondary N) is 3. The highest BCUT2D eigenvalue weighted by atomic mass is 32.1. The fourth-order valence-electron chi connectivity index (χ4n) is 1.28. The summed E-state index contributed by atoms with van der Waals surface area (Å²) in [6.45, 7) is 0. The van der Waals surface area contributed by atoms with Gasteiger partial charge in [-0.15, -0.1) is 0 Å². The number of carbonyl (C=O) groups excluding carboxylic acids is 1. The van der Waals surface area contributed by atoms with Crippen LogP contribution in [0.3, 0.4) is 0 Å². The van der Waals surface area contributed by atoms with E-state index in [-0.39, 0.29) is 6.03 Å². The van der Waals surface area contributed by atoms with Gasteiger partial charge >= 0.3 is 6.03 Å². The summed E-state index contributed by atoms with van der Waals surface area (Å²) in [7, 11) is 1.55. The van der Waals surface area contributed by atoms with Crippen LogP contribution in [0, 0.1) is 4.77 Å². The zero-order valence-electron chi connectivity index (χ0n) is 8.97. The van der Waals surface area contributed by atoms with Gasteiger partial charge in [0.25, 0.3) is 0 Å². The Morgan fingerprint density at radius 2 is 2.35 bits per heavy atom. The molecule has 0 aliphatic carbocycles. The molecular weight excluding hydrogens is 240 g/mol. The molecule has 0 radical (unpaired) electrons. The van der Waals surface area contributed by atoms with Crippen molar-refractivity contribution in [3.63, 3.8) is 0 Å². The van der Waals surface area contributed by atoms with E-state index in [0.29, 0.717) is 10.5 Å². The topological polar surface area (TPSA) is 87.6 Å². The zero-order chi connectivity index (χ0) is 12.3. The Bertz CT molecular complexity index is 589. The number of tetrazole rings is 1. The predicted octanol–water partition coefficient (Wildman–Crippen LogP) is 1.08. The minimum atomic E-state index is -0.284. The Morgan fingerprint density at radius 3 is 3.00 bits per heavy atom. The SMILES string of the molecule is CNC(=O)Nc1cccc(-n2[nH]nnc2=S)c1. The van der Waals surface area contributed by atoms with Crippen molar-refractivity contribution in [1.82, 2.24) is 25.5 Å². The summed E-state index contributed by atoms with van der Waals surface area (Å²) in [5, 5.41) is 15.0. The summed E-state index contributed by atoms with van der Waals surface area (Å²) >= 11 is 4.98. The van der Waals surface area contributed by atoms with Crippen molar-refractivity contribution in [3.8, 4) is 5.69 Å². The smallest absolute Gasteiger partial charge is 0.318 e. The van der Waals surface area contributed by atoms with E-state index in [1.807, 2.05) is 6.07 Å². The monoisotopic (exact) mass is 250 g/mol. The lowest BCUT2D eigenvalue weighted by atomic mass is 10.3. The standard InChI is InChI=1S/C9H10N6OS/c1-10-8(16)11-6-3-2-4-7(5-6)15-9(17)12-13-14-15/h2-5H,1H3,(H2,10,11,16)(H,12,14,17). The minimum absolute atomic E-state index is 0.284. The second-order valence-corrected chi connectivity index (χ2v) is 3.54. The highest BCUT2D eigenvalue weighted by molar-refractivity contribution is 7.71. The lowest BCUT2D eigenvalue weighted by molar-refractivity contribution is 0.254. The third kappa shape index (κ3) is 2.48. The average Bonchev–Trinajstić information content (AvgIpc) is 2.75. The van der Waals surface area contributed by atoms with Crippen LogP contribution in [-0.2, 0) is 0 Å². The minimum Gasteiger partial charge on any atom is -0.341 e. The molecule has 17 heavy (non-hydrogen) atoms. The van der Waals surface area contributed by atoms with Crippen LogP contribution in [0.25, 0.3) is 5.69 Å². The molecule has 0 atom stereocenters. The van der Waals surface area contributed by atoms with E-state index in [9.17, 15) is 4.79 Å². The molecule has 0 unspecified atom stereocenters. The van der Waals surface area contributed by atoms with E-state index in [2.05, 4.69) is 26.2 Å². The Morgan fingerprint density at radius 1 is 1.53 bits per heavy atom. The number of benzene rings is 1. The van der Waals surface area contributed by atoms with Crippen molar-refractivity contribution in [2.24, 2.45) is 0 Å². The van der Waals surface area contributed by atoms with Crippen LogP contribution < -0.4 is 10.6 Å². The molecular formula is C9H10N6OS. The third-order valence-electron chi connectivity index (χ3n) is 2.06. The second kappa shape index (κ2) is 4.74. The van der Waals surface area contributed by atoms with E-state index in [1.54, 1.807) is 25.2 Å². The highest BCUT2D eigenvalue weighted by Gasteiger charge is 2.02. The molecule has 2 aromatic rings. The number of anilines is 1. The largest absolute Gasteiger partial charge is 0.341 e. The van der Waals surface area contributed by atoms with Gasteiger partial charge in [0.1, 0.15) is 0 Å². The van der Waals surface area contributed by atoms with E-state index in [4.69, 9.17) is 12.2 Å². The summed E-state index contributed by atoms with van der Waals surface area (Å²) in [4.78, 5) is 11.2. The Kier molecular flexibility index (Phi) is 3.15. The molecule has 88 valence electrons. The van der Waals surface area contributed by atoms with Crippen molar-refractivity contribution in [1.29, 1.82) is 0 Å². The molecule has 2 rings (SSSR count). The number of aromatic amines is 1. The summed E-state index contributed by atoms with van der Waals surface area (Å²) in [6.07, 6.45) is 0. The van der Waals surface area contributed by atoms with Gasteiger partial charge in [0.15, 0.2) is 0 Å². The summed E-state index contributed by atoms with van der Waals surface area (Å²) in [6, 6.07) is 6.86. The first-order chi connectivity index (χ1) is 8.20. The van der Waals surface area contributed by atoms with Crippen LogP contribution in [0.5, 0.6) is 0 Å². The van der Waals surface area contributed by atoms with Crippen molar-refractivity contribution in [2.45, 2.75) is 0 Å². The van der Waals surface area contributed by atoms with Gasteiger partial charge in [-0.1, -0.05) is 16.4 Å². The number of urea groups is 1. The number of carbonyl (C=O) groups is 1. The quantitative estimate of drug-likeness (QED) is 0.696. The molecule has 0 spiro atoms. The summed E-state index contributed by atoms with van der Waals surface area (Å²) < 4.78 is 1.85. The molecule has 7 nitrogen and oxygen atoms in total. The van der Waals surface area contributed by atoms with Gasteiger partial charge in [-0.3, -0.25) is 0 Å². The fourth-order valence-corrected chi connectivity index (χ4v) is 1.47. The van der Waals surface area contributed by atoms with Crippen molar-refractivity contribution >= 4 is 23.9 Å². The third-order valence-corrected chi connectivity index (χ3v) is 2.33. The van der Waals surface area contributed by atoms with E-state index < -0.39 is 0 Å². The van der Waals surface area contributed by atoms with Gasteiger partial charge in [-0.25, -0.2) is 9.48 Å². The maximum Gasteiger partial charge on any atom is 0.318 e. The molecule has 0 saturated heterocycles. The average molecular weight is 250 g/mol. The molecule has 0 aliphatic heterocycles. The van der Waals surface area contributed by atoms with Crippen LogP contribution in [-0.4, -0.2) is 33.3 Å². The predicted molar refractivity (Wildman–Crippen MR) is 64.6 cm³/mol. The van der Waals surface area contributed by atoms with E-state index in [0.717, 1.165) is 5.69 Å². The molecule has 8 heteroatoms. The molecule has 0 fully saturated rings. The number of amides is 2. The number of aromatic nitrogens is 4. The van der Waals surface area contributed by atoms with Crippen molar-refractivity contribution in [3.05, 3.63) is 29.0 Å². The maximum absolute atomic E-state index is 11.2. The van der Waals surface area contributed by atoms with Gasteiger partial charge in [-0.2, -0.15) is 5.21 Å². The van der Waals surface area contributed by atoms with Gasteiger partial charge in [0.2, 0.25) is 4.77 Å². The Balaban J connectivity index is 2.32. The number of H-pyrrole nitrogens is 1. The lowest BCUT2D eigenvalue weighted by Crippen LogP contribution is -2.24. The fraction of sp³-hybridized carbons (Fsp3) is 0.111. The summed E-state index contributed by atoms with van der Waals surface area (Å²) in [5.74, 6) is 0. The Hall–Kier alpha value is -2.22. The first-order valence-corrected chi connectivity index (χ1v) is 5.21. The van der Waals surface area contributed by atoms with Crippen molar-refractivity contribution in [2.75, 3.05) is 12.4 Å². The molecule has 3 N–H and O–H groups in total. The van der Waals surface area contributed by atoms with Crippen LogP contribution in [0.1, 0.15) is 0 Å². The van der Waals surface area contributed by atoms with Crippen LogP contribution in [0.4, 0.5) is 10.5 Å². The van der Waals surface area contributed by atoms with Gasteiger partial charge < -0.3 is 10.6 Å². The second-order valence-electron chi connectivity index (χ2n) is 3.17. The number of nitrogens with zero attached hydrogens (tertiary/aromatic N) is 3. The molecule has 1 aromatic heterocycles. The first-order valence-electron chi connectivity index (χ1n) is 4.80. The highest BCUT2D eigenvalue weighted by Crippen LogP contribution is 2.13. The van der Waals surface area contributed by atoms with E-state index >= 15 is 0 Å².